The summed E-state index contributed by atoms with van der Waals surface area (Å²) >= 11 is 0. The molecule has 9 heteroatoms. The summed E-state index contributed by atoms with van der Waals surface area (Å²) in [5.74, 6) is 0.556. The van der Waals surface area contributed by atoms with Crippen LogP contribution in [0, 0.1) is 5.92 Å². The highest BCUT2D eigenvalue weighted by Crippen LogP contribution is 2.25. The van der Waals surface area contributed by atoms with E-state index in [9.17, 15) is 18.0 Å². The number of hydrogen-bond acceptors (Lipinski definition) is 5. The number of hydrogen-bond donors (Lipinski definition) is 1. The van der Waals surface area contributed by atoms with Gasteiger partial charge in [-0.2, -0.15) is 4.31 Å². The van der Waals surface area contributed by atoms with E-state index in [0.717, 1.165) is 24.1 Å². The standard InChI is InChI=1S/C25H31N3O5S/c1-33-22-8-10-23(11-9-22)34(31,32)28-15-12-21(13-16-28)25(30)26-17-19-4-6-20(7-5-19)18-27-14-2-3-24(27)29/h4-11,21H,2-3,12-18H2,1H3,(H,26,30). The Morgan fingerprint density at radius 1 is 1.00 bits per heavy atom. The van der Waals surface area contributed by atoms with Crippen LogP contribution in [0.25, 0.3) is 0 Å². The van der Waals surface area contributed by atoms with Gasteiger partial charge in [0.15, 0.2) is 0 Å². The number of sulfonamides is 1. The molecule has 0 saturated carbocycles. The van der Waals surface area contributed by atoms with Gasteiger partial charge in [0.05, 0.1) is 12.0 Å². The second-order valence-electron chi connectivity index (χ2n) is 8.81. The van der Waals surface area contributed by atoms with Crippen LogP contribution in [0.1, 0.15) is 36.8 Å². The Kier molecular flexibility index (Phi) is 7.53. The van der Waals surface area contributed by atoms with Crippen molar-refractivity contribution in [1.82, 2.24) is 14.5 Å². The topological polar surface area (TPSA) is 96.0 Å². The number of nitrogens with one attached hydrogen (secondary N) is 1. The molecule has 0 spiro atoms. The summed E-state index contributed by atoms with van der Waals surface area (Å²) < 4.78 is 32.3. The molecule has 2 aromatic rings. The minimum absolute atomic E-state index is 0.0479. The molecule has 2 aliphatic rings. The number of ether oxygens (including phenoxy) is 1. The summed E-state index contributed by atoms with van der Waals surface area (Å²) in [6, 6.07) is 14.3. The number of carbonyl (C=O) groups excluding carboxylic acids is 2. The first-order chi connectivity index (χ1) is 16.4. The van der Waals surface area contributed by atoms with E-state index in [2.05, 4.69) is 5.32 Å². The van der Waals surface area contributed by atoms with Crippen molar-refractivity contribution in [2.45, 2.75) is 43.7 Å². The van der Waals surface area contributed by atoms with Crippen molar-refractivity contribution in [3.63, 3.8) is 0 Å². The van der Waals surface area contributed by atoms with Gasteiger partial charge in [-0.25, -0.2) is 8.42 Å². The molecule has 2 heterocycles. The van der Waals surface area contributed by atoms with Crippen molar-refractivity contribution in [3.8, 4) is 5.75 Å². The van der Waals surface area contributed by atoms with Crippen LogP contribution in [0.4, 0.5) is 0 Å². The highest BCUT2D eigenvalue weighted by Gasteiger charge is 2.32. The van der Waals surface area contributed by atoms with Crippen molar-refractivity contribution in [2.24, 2.45) is 5.92 Å². The van der Waals surface area contributed by atoms with Crippen LogP contribution in [-0.2, 0) is 32.7 Å². The molecule has 2 amide bonds. The first kappa shape index (κ1) is 24.2. The zero-order valence-corrected chi connectivity index (χ0v) is 20.2. The molecule has 0 aromatic heterocycles. The van der Waals surface area contributed by atoms with E-state index in [1.54, 1.807) is 24.3 Å². The zero-order chi connectivity index (χ0) is 24.1. The smallest absolute Gasteiger partial charge is 0.243 e. The van der Waals surface area contributed by atoms with Gasteiger partial charge in [0.25, 0.3) is 0 Å². The first-order valence-corrected chi connectivity index (χ1v) is 13.1. The summed E-state index contributed by atoms with van der Waals surface area (Å²) in [7, 11) is -2.05. The maximum absolute atomic E-state index is 12.9. The fourth-order valence-corrected chi connectivity index (χ4v) is 5.91. The SMILES string of the molecule is COc1ccc(S(=O)(=O)N2CCC(C(=O)NCc3ccc(CN4CCCC4=O)cc3)CC2)cc1. The summed E-state index contributed by atoms with van der Waals surface area (Å²) in [6.45, 7) is 2.50. The third-order valence-electron chi connectivity index (χ3n) is 6.56. The summed E-state index contributed by atoms with van der Waals surface area (Å²) in [5, 5.41) is 2.98. The molecule has 182 valence electrons. The van der Waals surface area contributed by atoms with Gasteiger partial charge in [-0.1, -0.05) is 24.3 Å². The molecule has 2 aromatic carbocycles. The molecule has 0 atom stereocenters. The van der Waals surface area contributed by atoms with Gasteiger partial charge in [0.2, 0.25) is 21.8 Å². The van der Waals surface area contributed by atoms with E-state index in [1.165, 1.54) is 11.4 Å². The fourth-order valence-electron chi connectivity index (χ4n) is 4.44. The molecular weight excluding hydrogens is 454 g/mol. The van der Waals surface area contributed by atoms with Gasteiger partial charge in [-0.05, 0) is 54.7 Å². The number of nitrogens with zero attached hydrogens (tertiary/aromatic N) is 2. The Bertz CT molecular complexity index is 1110. The predicted molar refractivity (Wildman–Crippen MR) is 127 cm³/mol. The van der Waals surface area contributed by atoms with Gasteiger partial charge >= 0.3 is 0 Å². The number of likely N-dealkylation sites (tertiary alicyclic amines) is 1. The monoisotopic (exact) mass is 485 g/mol. The molecule has 2 aliphatic heterocycles. The number of benzene rings is 2. The molecule has 34 heavy (non-hydrogen) atoms. The molecule has 1 N–H and O–H groups in total. The third-order valence-corrected chi connectivity index (χ3v) is 8.47. The maximum Gasteiger partial charge on any atom is 0.243 e. The molecule has 0 bridgehead atoms. The Morgan fingerprint density at radius 3 is 2.24 bits per heavy atom. The van der Waals surface area contributed by atoms with Crippen LogP contribution >= 0.6 is 0 Å². The molecule has 0 unspecified atom stereocenters. The largest absolute Gasteiger partial charge is 0.497 e. The summed E-state index contributed by atoms with van der Waals surface area (Å²) in [6.07, 6.45) is 2.54. The highest BCUT2D eigenvalue weighted by molar-refractivity contribution is 7.89. The van der Waals surface area contributed by atoms with Gasteiger partial charge in [0, 0.05) is 45.1 Å². The van der Waals surface area contributed by atoms with Crippen LogP contribution < -0.4 is 10.1 Å². The van der Waals surface area contributed by atoms with E-state index in [4.69, 9.17) is 4.74 Å². The number of methoxy groups -OCH3 is 1. The average Bonchev–Trinajstić information content (AvgIpc) is 3.27. The minimum Gasteiger partial charge on any atom is -0.497 e. The van der Waals surface area contributed by atoms with Gasteiger partial charge in [0.1, 0.15) is 5.75 Å². The lowest BCUT2D eigenvalue weighted by Crippen LogP contribution is -2.42. The second-order valence-corrected chi connectivity index (χ2v) is 10.7. The lowest BCUT2D eigenvalue weighted by Gasteiger charge is -2.30. The Morgan fingerprint density at radius 2 is 1.65 bits per heavy atom. The van der Waals surface area contributed by atoms with E-state index in [1.807, 2.05) is 29.2 Å². The molecular formula is C25H31N3O5S. The lowest BCUT2D eigenvalue weighted by atomic mass is 9.97. The van der Waals surface area contributed by atoms with Crippen LogP contribution in [-0.4, -0.2) is 56.2 Å². The van der Waals surface area contributed by atoms with E-state index in [-0.39, 0.29) is 22.6 Å². The van der Waals surface area contributed by atoms with Crippen molar-refractivity contribution < 1.29 is 22.7 Å². The van der Waals surface area contributed by atoms with Crippen LogP contribution in [0.3, 0.4) is 0 Å². The van der Waals surface area contributed by atoms with Crippen molar-refractivity contribution in [2.75, 3.05) is 26.7 Å². The number of carbonyl (C=O) groups is 2. The Labute approximate surface area is 200 Å². The number of piperidine rings is 1. The van der Waals surface area contributed by atoms with Crippen LogP contribution in [0.2, 0.25) is 0 Å². The first-order valence-electron chi connectivity index (χ1n) is 11.6. The van der Waals surface area contributed by atoms with Crippen molar-refractivity contribution >= 4 is 21.8 Å². The van der Waals surface area contributed by atoms with Gasteiger partial charge in [-0.15, -0.1) is 0 Å². The van der Waals surface area contributed by atoms with E-state index in [0.29, 0.717) is 51.2 Å². The third kappa shape index (κ3) is 5.59. The van der Waals surface area contributed by atoms with Gasteiger partial charge in [-0.3, -0.25) is 9.59 Å². The van der Waals surface area contributed by atoms with Gasteiger partial charge < -0.3 is 15.0 Å². The average molecular weight is 486 g/mol. The molecule has 2 saturated heterocycles. The lowest BCUT2D eigenvalue weighted by molar-refractivity contribution is -0.128. The van der Waals surface area contributed by atoms with Crippen molar-refractivity contribution in [1.29, 1.82) is 0 Å². The van der Waals surface area contributed by atoms with Crippen LogP contribution in [0.15, 0.2) is 53.4 Å². The molecule has 2 fully saturated rings. The predicted octanol–water partition coefficient (Wildman–Crippen LogP) is 2.53. The summed E-state index contributed by atoms with van der Waals surface area (Å²) in [4.78, 5) is 26.5. The quantitative estimate of drug-likeness (QED) is 0.620. The molecule has 0 aliphatic carbocycles. The highest BCUT2D eigenvalue weighted by atomic mass is 32.2. The van der Waals surface area contributed by atoms with E-state index >= 15 is 0 Å². The summed E-state index contributed by atoms with van der Waals surface area (Å²) in [5.41, 5.74) is 2.07. The fraction of sp³-hybridized carbons (Fsp3) is 0.440. The normalized spacial score (nSPS) is 17.7. The molecule has 0 radical (unpaired) electrons. The Balaban J connectivity index is 1.24. The minimum atomic E-state index is -3.59. The number of amides is 2. The van der Waals surface area contributed by atoms with E-state index < -0.39 is 10.0 Å². The molecule has 4 rings (SSSR count). The maximum atomic E-state index is 12.9. The Hall–Kier alpha value is -2.91. The number of rotatable bonds is 8. The second kappa shape index (κ2) is 10.6. The van der Waals surface area contributed by atoms with Crippen LogP contribution in [0.5, 0.6) is 5.75 Å². The van der Waals surface area contributed by atoms with Crippen molar-refractivity contribution in [3.05, 3.63) is 59.7 Å². The zero-order valence-electron chi connectivity index (χ0n) is 19.4. The molecule has 8 nitrogen and oxygen atoms in total.